The SMILES string of the molecule is CCCc1[nH]nc(C(=O)NCCC(O)CC)c1N. The van der Waals surface area contributed by atoms with Gasteiger partial charge in [-0.15, -0.1) is 0 Å². The fourth-order valence-electron chi connectivity index (χ4n) is 1.64. The highest BCUT2D eigenvalue weighted by Crippen LogP contribution is 2.15. The van der Waals surface area contributed by atoms with Crippen LogP contribution in [-0.2, 0) is 6.42 Å². The number of anilines is 1. The number of nitrogens with one attached hydrogen (secondary N) is 2. The second kappa shape index (κ2) is 7.00. The predicted octanol–water partition coefficient (Wildman–Crippen LogP) is 0.835. The fourth-order valence-corrected chi connectivity index (χ4v) is 1.64. The van der Waals surface area contributed by atoms with Crippen LogP contribution in [0.2, 0.25) is 0 Å². The number of aromatic amines is 1. The lowest BCUT2D eigenvalue weighted by Crippen LogP contribution is -2.28. The number of rotatable bonds is 7. The van der Waals surface area contributed by atoms with Gasteiger partial charge in [-0.3, -0.25) is 9.89 Å². The van der Waals surface area contributed by atoms with Gasteiger partial charge in [0, 0.05) is 6.54 Å². The molecule has 0 fully saturated rings. The van der Waals surface area contributed by atoms with Crippen LogP contribution in [0.4, 0.5) is 5.69 Å². The number of aliphatic hydroxyl groups excluding tert-OH is 1. The van der Waals surface area contributed by atoms with Crippen molar-refractivity contribution in [3.05, 3.63) is 11.4 Å². The molecule has 1 aromatic rings. The summed E-state index contributed by atoms with van der Waals surface area (Å²) in [5.41, 5.74) is 7.31. The van der Waals surface area contributed by atoms with Gasteiger partial charge in [0.05, 0.1) is 17.5 Å². The number of nitrogens with two attached hydrogens (primary N) is 1. The average Bonchev–Trinajstić information content (AvgIpc) is 2.71. The molecule has 1 amide bonds. The Hall–Kier alpha value is -1.56. The van der Waals surface area contributed by atoms with Crippen LogP contribution in [0.15, 0.2) is 0 Å². The molecule has 1 unspecified atom stereocenters. The van der Waals surface area contributed by atoms with Crippen molar-refractivity contribution in [3.63, 3.8) is 0 Å². The van der Waals surface area contributed by atoms with Gasteiger partial charge >= 0.3 is 0 Å². The number of carbonyl (C=O) groups is 1. The van der Waals surface area contributed by atoms with Crippen LogP contribution in [-0.4, -0.2) is 33.9 Å². The molecule has 0 aromatic carbocycles. The van der Waals surface area contributed by atoms with E-state index in [9.17, 15) is 9.90 Å². The number of aryl methyl sites for hydroxylation is 1. The molecule has 1 heterocycles. The maximum atomic E-state index is 11.8. The third kappa shape index (κ3) is 3.73. The topological polar surface area (TPSA) is 104 Å². The van der Waals surface area contributed by atoms with Gasteiger partial charge in [0.1, 0.15) is 0 Å². The molecule has 6 nitrogen and oxygen atoms in total. The molecule has 1 aromatic heterocycles. The molecule has 0 radical (unpaired) electrons. The number of carbonyl (C=O) groups excluding carboxylic acids is 1. The van der Waals surface area contributed by atoms with E-state index in [1.54, 1.807) is 0 Å². The van der Waals surface area contributed by atoms with Crippen molar-refractivity contribution in [2.45, 2.75) is 45.6 Å². The minimum absolute atomic E-state index is 0.240. The summed E-state index contributed by atoms with van der Waals surface area (Å²) in [5, 5.41) is 18.8. The number of aromatic nitrogens is 2. The third-order valence-corrected chi connectivity index (χ3v) is 2.83. The number of hydrogen-bond donors (Lipinski definition) is 4. The van der Waals surface area contributed by atoms with Gasteiger partial charge in [-0.05, 0) is 19.3 Å². The molecule has 6 heteroatoms. The lowest BCUT2D eigenvalue weighted by atomic mass is 10.2. The Bertz CT molecular complexity index is 389. The first-order valence-corrected chi connectivity index (χ1v) is 6.39. The highest BCUT2D eigenvalue weighted by Gasteiger charge is 2.16. The molecule has 0 aliphatic carbocycles. The first-order valence-electron chi connectivity index (χ1n) is 6.39. The number of H-pyrrole nitrogens is 1. The summed E-state index contributed by atoms with van der Waals surface area (Å²) in [4.78, 5) is 11.8. The Morgan fingerprint density at radius 3 is 2.89 bits per heavy atom. The third-order valence-electron chi connectivity index (χ3n) is 2.83. The van der Waals surface area contributed by atoms with Gasteiger partial charge in [-0.2, -0.15) is 5.10 Å². The van der Waals surface area contributed by atoms with Crippen LogP contribution >= 0.6 is 0 Å². The van der Waals surface area contributed by atoms with Crippen molar-refractivity contribution in [2.24, 2.45) is 0 Å². The van der Waals surface area contributed by atoms with Gasteiger partial charge in [0.15, 0.2) is 5.69 Å². The molecular weight excluding hydrogens is 232 g/mol. The van der Waals surface area contributed by atoms with E-state index < -0.39 is 0 Å². The number of nitrogen functional groups attached to an aromatic ring is 1. The van der Waals surface area contributed by atoms with Crippen LogP contribution < -0.4 is 11.1 Å². The van der Waals surface area contributed by atoms with Crippen molar-refractivity contribution in [3.8, 4) is 0 Å². The predicted molar refractivity (Wildman–Crippen MR) is 70.2 cm³/mol. The number of hydrogen-bond acceptors (Lipinski definition) is 4. The summed E-state index contributed by atoms with van der Waals surface area (Å²) in [6.45, 7) is 4.35. The van der Waals surface area contributed by atoms with Gasteiger partial charge in [-0.1, -0.05) is 20.3 Å². The van der Waals surface area contributed by atoms with Gasteiger partial charge < -0.3 is 16.2 Å². The first kappa shape index (κ1) is 14.5. The van der Waals surface area contributed by atoms with Crippen LogP contribution in [0, 0.1) is 0 Å². The Kier molecular flexibility index (Phi) is 5.64. The van der Waals surface area contributed by atoms with Crippen LogP contribution in [0.5, 0.6) is 0 Å². The lowest BCUT2D eigenvalue weighted by molar-refractivity contribution is 0.0938. The maximum absolute atomic E-state index is 11.8. The normalized spacial score (nSPS) is 12.4. The summed E-state index contributed by atoms with van der Waals surface area (Å²) in [6.07, 6.45) is 2.56. The molecule has 0 aliphatic rings. The Morgan fingerprint density at radius 1 is 1.56 bits per heavy atom. The summed E-state index contributed by atoms with van der Waals surface area (Å²) in [6, 6.07) is 0. The maximum Gasteiger partial charge on any atom is 0.273 e. The van der Waals surface area contributed by atoms with Gasteiger partial charge in [-0.25, -0.2) is 0 Å². The van der Waals surface area contributed by atoms with Crippen molar-refractivity contribution < 1.29 is 9.90 Å². The molecule has 0 bridgehead atoms. The first-order chi connectivity index (χ1) is 8.60. The van der Waals surface area contributed by atoms with Crippen molar-refractivity contribution in [1.82, 2.24) is 15.5 Å². The summed E-state index contributed by atoms with van der Waals surface area (Å²) >= 11 is 0. The van der Waals surface area contributed by atoms with E-state index in [0.29, 0.717) is 25.1 Å². The van der Waals surface area contributed by atoms with Gasteiger partial charge in [0.2, 0.25) is 0 Å². The highest BCUT2D eigenvalue weighted by molar-refractivity contribution is 5.97. The zero-order valence-electron chi connectivity index (χ0n) is 11.0. The van der Waals surface area contributed by atoms with Crippen molar-refractivity contribution >= 4 is 11.6 Å². The standard InChI is InChI=1S/C12H22N4O2/c1-3-5-9-10(13)11(16-15-9)12(18)14-7-6-8(17)4-2/h8,17H,3-7,13H2,1-2H3,(H,14,18)(H,15,16). The van der Waals surface area contributed by atoms with E-state index in [0.717, 1.165) is 18.5 Å². The van der Waals surface area contributed by atoms with E-state index in [1.807, 2.05) is 13.8 Å². The molecule has 0 saturated heterocycles. The molecule has 18 heavy (non-hydrogen) atoms. The number of amides is 1. The summed E-state index contributed by atoms with van der Waals surface area (Å²) in [5.74, 6) is -0.297. The molecule has 5 N–H and O–H groups in total. The lowest BCUT2D eigenvalue weighted by Gasteiger charge is -2.08. The second-order valence-electron chi connectivity index (χ2n) is 4.32. The zero-order chi connectivity index (χ0) is 13.5. The molecular formula is C12H22N4O2. The van der Waals surface area contributed by atoms with Crippen molar-refractivity contribution in [1.29, 1.82) is 0 Å². The van der Waals surface area contributed by atoms with E-state index in [1.165, 1.54) is 0 Å². The minimum Gasteiger partial charge on any atom is -0.395 e. The largest absolute Gasteiger partial charge is 0.395 e. The smallest absolute Gasteiger partial charge is 0.273 e. The van der Waals surface area contributed by atoms with Crippen LogP contribution in [0.3, 0.4) is 0 Å². The van der Waals surface area contributed by atoms with E-state index in [2.05, 4.69) is 15.5 Å². The van der Waals surface area contributed by atoms with Crippen molar-refractivity contribution in [2.75, 3.05) is 12.3 Å². The highest BCUT2D eigenvalue weighted by atomic mass is 16.3. The van der Waals surface area contributed by atoms with E-state index in [4.69, 9.17) is 5.73 Å². The van der Waals surface area contributed by atoms with Crippen LogP contribution in [0.1, 0.15) is 49.3 Å². The van der Waals surface area contributed by atoms with Crippen LogP contribution in [0.25, 0.3) is 0 Å². The molecule has 0 spiro atoms. The Balaban J connectivity index is 2.51. The molecule has 0 aliphatic heterocycles. The summed E-state index contributed by atoms with van der Waals surface area (Å²) < 4.78 is 0. The number of nitrogens with zero attached hydrogens (tertiary/aromatic N) is 1. The molecule has 1 atom stereocenters. The van der Waals surface area contributed by atoms with Gasteiger partial charge in [0.25, 0.3) is 5.91 Å². The monoisotopic (exact) mass is 254 g/mol. The Morgan fingerprint density at radius 2 is 2.28 bits per heavy atom. The molecule has 0 saturated carbocycles. The van der Waals surface area contributed by atoms with E-state index >= 15 is 0 Å². The minimum atomic E-state index is -0.377. The molecule has 102 valence electrons. The number of aliphatic hydroxyl groups is 1. The quantitative estimate of drug-likeness (QED) is 0.578. The molecule has 1 rings (SSSR count). The summed E-state index contributed by atoms with van der Waals surface area (Å²) in [7, 11) is 0. The Labute approximate surface area is 107 Å². The average molecular weight is 254 g/mol. The fraction of sp³-hybridized carbons (Fsp3) is 0.667. The zero-order valence-corrected chi connectivity index (χ0v) is 11.0. The van der Waals surface area contributed by atoms with E-state index in [-0.39, 0.29) is 17.7 Å². The second-order valence-corrected chi connectivity index (χ2v) is 4.32.